The number of hydrogen-bond donors (Lipinski definition) is 1. The molecule has 27 heavy (non-hydrogen) atoms. The van der Waals surface area contributed by atoms with E-state index in [-0.39, 0.29) is 23.8 Å². The van der Waals surface area contributed by atoms with Crippen molar-refractivity contribution in [3.63, 3.8) is 0 Å². The summed E-state index contributed by atoms with van der Waals surface area (Å²) in [5.74, 6) is -0.140. The molecule has 3 rings (SSSR count). The van der Waals surface area contributed by atoms with E-state index in [2.05, 4.69) is 12.1 Å². The van der Waals surface area contributed by atoms with E-state index in [4.69, 9.17) is 0 Å². The number of amides is 1. The van der Waals surface area contributed by atoms with Gasteiger partial charge in [-0.25, -0.2) is 8.42 Å². The Hall–Kier alpha value is -2.18. The average Bonchev–Trinajstić information content (AvgIpc) is 2.68. The van der Waals surface area contributed by atoms with Gasteiger partial charge in [-0.15, -0.1) is 0 Å². The van der Waals surface area contributed by atoms with E-state index >= 15 is 0 Å². The topological polar surface area (TPSA) is 58.9 Å². The Balaban J connectivity index is 1.43. The summed E-state index contributed by atoms with van der Waals surface area (Å²) < 4.78 is 24.5. The highest BCUT2D eigenvalue weighted by Crippen LogP contribution is 2.08. The van der Waals surface area contributed by atoms with Crippen molar-refractivity contribution in [1.82, 2.24) is 4.90 Å². The van der Waals surface area contributed by atoms with Gasteiger partial charge in [0.2, 0.25) is 5.91 Å². The summed E-state index contributed by atoms with van der Waals surface area (Å²) >= 11 is 0. The molecule has 2 aromatic carbocycles. The zero-order chi connectivity index (χ0) is 19.1. The van der Waals surface area contributed by atoms with Gasteiger partial charge in [-0.05, 0) is 5.56 Å². The molecule has 1 fully saturated rings. The maximum Gasteiger partial charge on any atom is 0.224 e. The first-order valence-electron chi connectivity index (χ1n) is 9.41. The maximum atomic E-state index is 12.4. The highest BCUT2D eigenvalue weighted by Gasteiger charge is 2.25. The number of sulfone groups is 1. The third-order valence-electron chi connectivity index (χ3n) is 4.98. The van der Waals surface area contributed by atoms with E-state index in [1.54, 1.807) is 12.1 Å². The summed E-state index contributed by atoms with van der Waals surface area (Å²) in [4.78, 5) is 15.7. The third-order valence-corrected chi connectivity index (χ3v) is 6.58. The fourth-order valence-electron chi connectivity index (χ4n) is 3.43. The average molecular weight is 388 g/mol. The summed E-state index contributed by atoms with van der Waals surface area (Å²) in [6, 6.07) is 19.5. The standard InChI is InChI=1S/C21H26N2O3S/c24-21(11-16-27(25,26)18-20-9-5-2-6-10-20)23-14-12-22(13-15-23)17-19-7-3-1-4-8-19/h1-10H,11-18H2/p+1. The minimum absolute atomic E-state index is 0.00385. The molecule has 1 saturated heterocycles. The quantitative estimate of drug-likeness (QED) is 0.769. The highest BCUT2D eigenvalue weighted by atomic mass is 32.2. The number of nitrogens with one attached hydrogen (secondary N) is 1. The van der Waals surface area contributed by atoms with Crippen LogP contribution in [0, 0.1) is 0 Å². The summed E-state index contributed by atoms with van der Waals surface area (Å²) in [7, 11) is -3.27. The summed E-state index contributed by atoms with van der Waals surface area (Å²) in [5.41, 5.74) is 2.07. The second-order valence-corrected chi connectivity index (χ2v) is 9.30. The molecule has 6 heteroatoms. The van der Waals surface area contributed by atoms with Crippen LogP contribution in [0.15, 0.2) is 60.7 Å². The fraction of sp³-hybridized carbons (Fsp3) is 0.381. The Bertz CT molecular complexity index is 830. The van der Waals surface area contributed by atoms with E-state index in [1.165, 1.54) is 10.5 Å². The molecular weight excluding hydrogens is 360 g/mol. The van der Waals surface area contributed by atoms with Gasteiger partial charge in [0, 0.05) is 12.0 Å². The van der Waals surface area contributed by atoms with E-state index in [0.29, 0.717) is 13.1 Å². The normalized spacial score (nSPS) is 15.6. The molecule has 144 valence electrons. The number of hydrogen-bond acceptors (Lipinski definition) is 3. The largest absolute Gasteiger partial charge is 0.331 e. The minimum Gasteiger partial charge on any atom is -0.331 e. The molecule has 0 saturated carbocycles. The predicted octanol–water partition coefficient (Wildman–Crippen LogP) is 0.919. The zero-order valence-electron chi connectivity index (χ0n) is 15.5. The smallest absolute Gasteiger partial charge is 0.224 e. The first-order valence-corrected chi connectivity index (χ1v) is 11.2. The van der Waals surface area contributed by atoms with Crippen LogP contribution >= 0.6 is 0 Å². The van der Waals surface area contributed by atoms with Crippen LogP contribution in [0.5, 0.6) is 0 Å². The van der Waals surface area contributed by atoms with Crippen molar-refractivity contribution >= 4 is 15.7 Å². The molecule has 0 aliphatic carbocycles. The monoisotopic (exact) mass is 387 g/mol. The second kappa shape index (κ2) is 9.15. The number of carbonyl (C=O) groups is 1. The van der Waals surface area contributed by atoms with Gasteiger partial charge in [0.25, 0.3) is 0 Å². The number of benzene rings is 2. The number of quaternary nitrogens is 1. The molecule has 5 nitrogen and oxygen atoms in total. The number of nitrogens with zero attached hydrogens (tertiary/aromatic N) is 1. The molecule has 1 amide bonds. The van der Waals surface area contributed by atoms with E-state index < -0.39 is 9.84 Å². The molecule has 0 aromatic heterocycles. The first kappa shape index (κ1) is 19.6. The molecule has 2 aromatic rings. The van der Waals surface area contributed by atoms with Crippen LogP contribution in [0.25, 0.3) is 0 Å². The van der Waals surface area contributed by atoms with Crippen molar-refractivity contribution in [2.45, 2.75) is 18.7 Å². The Labute approximate surface area is 161 Å². The van der Waals surface area contributed by atoms with Gasteiger partial charge in [-0.1, -0.05) is 60.7 Å². The summed E-state index contributed by atoms with van der Waals surface area (Å²) in [6.45, 7) is 4.16. The zero-order valence-corrected chi connectivity index (χ0v) is 16.3. The fourth-order valence-corrected chi connectivity index (χ4v) is 4.77. The number of rotatable bonds is 7. The summed E-state index contributed by atoms with van der Waals surface area (Å²) in [5, 5.41) is 0. The van der Waals surface area contributed by atoms with Crippen LogP contribution < -0.4 is 4.90 Å². The molecular formula is C21H27N2O3S+. The van der Waals surface area contributed by atoms with Gasteiger partial charge >= 0.3 is 0 Å². The van der Waals surface area contributed by atoms with Gasteiger partial charge < -0.3 is 9.80 Å². The molecule has 1 aliphatic heterocycles. The molecule has 1 heterocycles. The SMILES string of the molecule is O=C(CCS(=O)(=O)Cc1ccccc1)N1CC[NH+](Cc2ccccc2)CC1. The second-order valence-electron chi connectivity index (χ2n) is 7.12. The van der Waals surface area contributed by atoms with E-state index in [9.17, 15) is 13.2 Å². The number of piperazine rings is 1. The lowest BCUT2D eigenvalue weighted by Crippen LogP contribution is -3.13. The first-order chi connectivity index (χ1) is 13.0. The van der Waals surface area contributed by atoms with Gasteiger partial charge in [0.15, 0.2) is 9.84 Å². The lowest BCUT2D eigenvalue weighted by atomic mass is 10.2. The van der Waals surface area contributed by atoms with Gasteiger partial charge in [0.1, 0.15) is 6.54 Å². The van der Waals surface area contributed by atoms with Crippen molar-refractivity contribution < 1.29 is 18.1 Å². The molecule has 0 bridgehead atoms. The van der Waals surface area contributed by atoms with Crippen LogP contribution in [-0.4, -0.2) is 51.2 Å². The molecule has 0 unspecified atom stereocenters. The van der Waals surface area contributed by atoms with Crippen LogP contribution in [0.3, 0.4) is 0 Å². The van der Waals surface area contributed by atoms with Crippen LogP contribution in [-0.2, 0) is 26.9 Å². The van der Waals surface area contributed by atoms with Crippen LogP contribution in [0.1, 0.15) is 17.5 Å². The Morgan fingerprint density at radius 1 is 0.889 bits per heavy atom. The van der Waals surface area contributed by atoms with Gasteiger partial charge in [-0.3, -0.25) is 4.79 Å². The molecule has 0 spiro atoms. The van der Waals surface area contributed by atoms with Crippen LogP contribution in [0.4, 0.5) is 0 Å². The van der Waals surface area contributed by atoms with Crippen molar-refractivity contribution in [3.05, 3.63) is 71.8 Å². The Morgan fingerprint density at radius 2 is 1.44 bits per heavy atom. The lowest BCUT2D eigenvalue weighted by Gasteiger charge is -2.32. The predicted molar refractivity (Wildman–Crippen MR) is 106 cm³/mol. The molecule has 1 aliphatic rings. The van der Waals surface area contributed by atoms with Crippen molar-refractivity contribution in [3.8, 4) is 0 Å². The van der Waals surface area contributed by atoms with Crippen molar-refractivity contribution in [2.24, 2.45) is 0 Å². The maximum absolute atomic E-state index is 12.4. The lowest BCUT2D eigenvalue weighted by molar-refractivity contribution is -0.917. The molecule has 0 atom stereocenters. The summed E-state index contributed by atoms with van der Waals surface area (Å²) in [6.07, 6.45) is 0.0726. The van der Waals surface area contributed by atoms with Crippen molar-refractivity contribution in [2.75, 3.05) is 31.9 Å². The van der Waals surface area contributed by atoms with Crippen molar-refractivity contribution in [1.29, 1.82) is 0 Å². The minimum atomic E-state index is -3.27. The van der Waals surface area contributed by atoms with Crippen LogP contribution in [0.2, 0.25) is 0 Å². The Kier molecular flexibility index (Phi) is 6.63. The number of carbonyl (C=O) groups excluding carboxylic acids is 1. The molecule has 0 radical (unpaired) electrons. The highest BCUT2D eigenvalue weighted by molar-refractivity contribution is 7.90. The van der Waals surface area contributed by atoms with Gasteiger partial charge in [0.05, 0.1) is 37.7 Å². The molecule has 1 N–H and O–H groups in total. The van der Waals surface area contributed by atoms with E-state index in [1.807, 2.05) is 41.3 Å². The third kappa shape index (κ3) is 6.19. The van der Waals surface area contributed by atoms with Gasteiger partial charge in [-0.2, -0.15) is 0 Å². The Morgan fingerprint density at radius 3 is 2.04 bits per heavy atom. The van der Waals surface area contributed by atoms with E-state index in [0.717, 1.165) is 25.2 Å².